The third kappa shape index (κ3) is 4.57. The van der Waals surface area contributed by atoms with Gasteiger partial charge in [0, 0.05) is 37.4 Å². The van der Waals surface area contributed by atoms with Crippen LogP contribution in [0.5, 0.6) is 0 Å². The molecule has 1 aromatic heterocycles. The summed E-state index contributed by atoms with van der Waals surface area (Å²) in [6, 6.07) is 5.12. The molecule has 3 rings (SSSR count). The van der Waals surface area contributed by atoms with Gasteiger partial charge in [-0.1, -0.05) is 23.2 Å². The van der Waals surface area contributed by atoms with Crippen LogP contribution in [0.1, 0.15) is 5.69 Å². The van der Waals surface area contributed by atoms with Gasteiger partial charge in [-0.25, -0.2) is 8.42 Å². The summed E-state index contributed by atoms with van der Waals surface area (Å²) in [5.74, 6) is 0. The molecule has 2 heterocycles. The minimum atomic E-state index is -4.49. The van der Waals surface area contributed by atoms with Gasteiger partial charge >= 0.3 is 6.18 Å². The molecule has 6 nitrogen and oxygen atoms in total. The van der Waals surface area contributed by atoms with Crippen LogP contribution in [-0.4, -0.2) is 53.6 Å². The fourth-order valence-electron chi connectivity index (χ4n) is 2.72. The molecule has 1 aliphatic heterocycles. The Bertz CT molecular complexity index is 925. The Kier molecular flexibility index (Phi) is 5.74. The van der Waals surface area contributed by atoms with Crippen LogP contribution in [0.3, 0.4) is 0 Å². The number of rotatable bonds is 4. The average Bonchev–Trinajstić information content (AvgIpc) is 3.06. The van der Waals surface area contributed by atoms with Crippen molar-refractivity contribution in [3.05, 3.63) is 46.2 Å². The molecule has 2 aromatic rings. The lowest BCUT2D eigenvalue weighted by atomic mass is 10.4. The molecule has 0 amide bonds. The zero-order chi connectivity index (χ0) is 19.8. The maximum Gasteiger partial charge on any atom is 0.435 e. The van der Waals surface area contributed by atoms with Crippen molar-refractivity contribution in [1.82, 2.24) is 19.0 Å². The van der Waals surface area contributed by atoms with Gasteiger partial charge in [-0.05, 0) is 24.3 Å². The van der Waals surface area contributed by atoms with Crippen LogP contribution in [0.15, 0.2) is 35.4 Å². The van der Waals surface area contributed by atoms with E-state index in [4.69, 9.17) is 23.2 Å². The van der Waals surface area contributed by atoms with Crippen LogP contribution in [0.2, 0.25) is 10.0 Å². The van der Waals surface area contributed by atoms with Gasteiger partial charge in [0.05, 0.1) is 11.7 Å². The molecular formula is C15H15Cl2F3N4O2S. The standard InChI is InChI=1S/C15H15Cl2F3N4O2S/c16-11-1-2-12(17)13(9-11)27(25,26)24-7-5-22(6-8-24)10-23-4-3-14(21-23)15(18,19)20/h1-4,9H,5-8,10H2. The van der Waals surface area contributed by atoms with Crippen molar-refractivity contribution in [2.24, 2.45) is 0 Å². The minimum Gasteiger partial charge on any atom is -0.282 e. The number of piperazine rings is 1. The highest BCUT2D eigenvalue weighted by Gasteiger charge is 2.34. The van der Waals surface area contributed by atoms with Crippen molar-refractivity contribution < 1.29 is 21.6 Å². The monoisotopic (exact) mass is 442 g/mol. The van der Waals surface area contributed by atoms with Gasteiger partial charge in [0.15, 0.2) is 5.69 Å². The number of hydrogen-bond donors (Lipinski definition) is 0. The summed E-state index contributed by atoms with van der Waals surface area (Å²) >= 11 is 11.9. The van der Waals surface area contributed by atoms with E-state index in [0.717, 1.165) is 6.07 Å². The summed E-state index contributed by atoms with van der Waals surface area (Å²) < 4.78 is 65.8. The molecule has 27 heavy (non-hydrogen) atoms. The number of nitrogens with zero attached hydrogens (tertiary/aromatic N) is 4. The highest BCUT2D eigenvalue weighted by molar-refractivity contribution is 7.89. The highest BCUT2D eigenvalue weighted by Crippen LogP contribution is 2.29. The van der Waals surface area contributed by atoms with Gasteiger partial charge in [0.25, 0.3) is 0 Å². The Morgan fingerprint density at radius 2 is 1.74 bits per heavy atom. The molecule has 0 saturated carbocycles. The van der Waals surface area contributed by atoms with Gasteiger partial charge in [0.1, 0.15) is 4.90 Å². The van der Waals surface area contributed by atoms with Gasteiger partial charge in [0.2, 0.25) is 10.0 Å². The number of aromatic nitrogens is 2. The minimum absolute atomic E-state index is 0.0630. The van der Waals surface area contributed by atoms with Gasteiger partial charge < -0.3 is 0 Å². The summed E-state index contributed by atoms with van der Waals surface area (Å²) in [7, 11) is -3.81. The molecule has 0 atom stereocenters. The Morgan fingerprint density at radius 1 is 1.07 bits per heavy atom. The molecule has 0 aliphatic carbocycles. The van der Waals surface area contributed by atoms with Gasteiger partial charge in [-0.3, -0.25) is 9.58 Å². The first kappa shape index (κ1) is 20.4. The van der Waals surface area contributed by atoms with Crippen molar-refractivity contribution in [3.8, 4) is 0 Å². The van der Waals surface area contributed by atoms with E-state index in [-0.39, 0.29) is 34.7 Å². The largest absolute Gasteiger partial charge is 0.435 e. The summed E-state index contributed by atoms with van der Waals surface area (Å²) in [5, 5.41) is 3.84. The second-order valence-electron chi connectivity index (χ2n) is 5.98. The Balaban J connectivity index is 1.65. The van der Waals surface area contributed by atoms with Gasteiger partial charge in [-0.15, -0.1) is 0 Å². The summed E-state index contributed by atoms with van der Waals surface area (Å²) in [5.41, 5.74) is -0.959. The third-order valence-corrected chi connectivity index (χ3v) is 6.73. The molecule has 1 aliphatic rings. The quantitative estimate of drug-likeness (QED) is 0.729. The Morgan fingerprint density at radius 3 is 2.33 bits per heavy atom. The maximum absolute atomic E-state index is 12.8. The normalized spacial score (nSPS) is 17.4. The van der Waals surface area contributed by atoms with Crippen LogP contribution >= 0.6 is 23.2 Å². The summed E-state index contributed by atoms with van der Waals surface area (Å²) in [6.45, 7) is 1.19. The Hall–Kier alpha value is -1.33. The maximum atomic E-state index is 12.8. The number of alkyl halides is 3. The SMILES string of the molecule is O=S(=O)(c1cc(Cl)ccc1Cl)N1CCN(Cn2ccc(C(F)(F)F)n2)CC1. The molecular weight excluding hydrogens is 428 g/mol. The topological polar surface area (TPSA) is 58.4 Å². The molecule has 0 N–H and O–H groups in total. The first-order valence-corrected chi connectivity index (χ1v) is 10.1. The summed E-state index contributed by atoms with van der Waals surface area (Å²) in [6.07, 6.45) is -3.24. The zero-order valence-corrected chi connectivity index (χ0v) is 16.2. The van der Waals surface area contributed by atoms with E-state index in [1.807, 2.05) is 4.90 Å². The van der Waals surface area contributed by atoms with Crippen molar-refractivity contribution in [1.29, 1.82) is 0 Å². The van der Waals surface area contributed by atoms with Crippen LogP contribution in [0, 0.1) is 0 Å². The van der Waals surface area contributed by atoms with Crippen molar-refractivity contribution in [2.45, 2.75) is 17.7 Å². The van der Waals surface area contributed by atoms with Crippen molar-refractivity contribution in [3.63, 3.8) is 0 Å². The second-order valence-corrected chi connectivity index (χ2v) is 8.73. The van der Waals surface area contributed by atoms with Gasteiger partial charge in [-0.2, -0.15) is 22.6 Å². The van der Waals surface area contributed by atoms with Crippen LogP contribution in [0.4, 0.5) is 13.2 Å². The summed E-state index contributed by atoms with van der Waals surface area (Å²) in [4.78, 5) is 1.76. The molecule has 0 bridgehead atoms. The fraction of sp³-hybridized carbons (Fsp3) is 0.400. The van der Waals surface area contributed by atoms with Crippen LogP contribution < -0.4 is 0 Å². The van der Waals surface area contributed by atoms with E-state index in [1.54, 1.807) is 0 Å². The molecule has 1 aromatic carbocycles. The Labute approximate surface area is 164 Å². The molecule has 1 fully saturated rings. The molecule has 0 unspecified atom stereocenters. The highest BCUT2D eigenvalue weighted by atomic mass is 35.5. The van der Waals surface area contributed by atoms with E-state index in [9.17, 15) is 21.6 Å². The second kappa shape index (κ2) is 7.59. The molecule has 1 saturated heterocycles. The van der Waals surface area contributed by atoms with E-state index < -0.39 is 21.9 Å². The van der Waals surface area contributed by atoms with Crippen LogP contribution in [-0.2, 0) is 22.9 Å². The first-order valence-electron chi connectivity index (χ1n) is 7.85. The smallest absolute Gasteiger partial charge is 0.282 e. The van der Waals surface area contributed by atoms with E-state index in [1.165, 1.54) is 33.4 Å². The zero-order valence-electron chi connectivity index (χ0n) is 13.8. The lowest BCUT2D eigenvalue weighted by Gasteiger charge is -2.33. The predicted octanol–water partition coefficient (Wildman–Crippen LogP) is 3.17. The third-order valence-electron chi connectivity index (χ3n) is 4.12. The first-order chi connectivity index (χ1) is 12.6. The lowest BCUT2D eigenvalue weighted by Crippen LogP contribution is -2.48. The number of halogens is 5. The van der Waals surface area contributed by atoms with E-state index >= 15 is 0 Å². The number of sulfonamides is 1. The molecule has 148 valence electrons. The average molecular weight is 443 g/mol. The van der Waals surface area contributed by atoms with Crippen LogP contribution in [0.25, 0.3) is 0 Å². The predicted molar refractivity (Wildman–Crippen MR) is 94.0 cm³/mol. The van der Waals surface area contributed by atoms with Crippen molar-refractivity contribution >= 4 is 33.2 Å². The van der Waals surface area contributed by atoms with E-state index in [0.29, 0.717) is 13.1 Å². The van der Waals surface area contributed by atoms with Crippen molar-refractivity contribution in [2.75, 3.05) is 26.2 Å². The molecule has 0 radical (unpaired) electrons. The molecule has 0 spiro atoms. The molecule has 12 heteroatoms. The number of hydrogen-bond acceptors (Lipinski definition) is 4. The fourth-order valence-corrected chi connectivity index (χ4v) is 4.88. The number of benzene rings is 1. The lowest BCUT2D eigenvalue weighted by molar-refractivity contribution is -0.141. The van der Waals surface area contributed by atoms with E-state index in [2.05, 4.69) is 5.10 Å².